The molecule has 5 heterocycles. The van der Waals surface area contributed by atoms with Gasteiger partial charge in [0, 0.05) is 61.5 Å². The number of hydrogen-bond acceptors (Lipinski definition) is 24. The van der Waals surface area contributed by atoms with Gasteiger partial charge in [-0.25, -0.2) is 9.50 Å². The summed E-state index contributed by atoms with van der Waals surface area (Å²) < 4.78 is 17.0. The van der Waals surface area contributed by atoms with Crippen LogP contribution in [0.3, 0.4) is 0 Å². The summed E-state index contributed by atoms with van der Waals surface area (Å²) in [4.78, 5) is 120. The van der Waals surface area contributed by atoms with Crippen LogP contribution in [-0.4, -0.2) is 206 Å². The number of aromatic nitrogens is 3. The molecule has 5 aromatic rings. The Bertz CT molecular complexity index is 3420. The molecule has 490 valence electrons. The molecule has 3 aliphatic heterocycles. The van der Waals surface area contributed by atoms with Gasteiger partial charge in [0.15, 0.2) is 11.5 Å². The van der Waals surface area contributed by atoms with Gasteiger partial charge < -0.3 is 92.0 Å². The monoisotopic (exact) mass is 1330 g/mol. The van der Waals surface area contributed by atoms with Crippen LogP contribution >= 0.6 is 23.7 Å². The molecule has 0 radical (unpaired) electrons. The van der Waals surface area contributed by atoms with E-state index in [1.807, 2.05) is 24.3 Å². The van der Waals surface area contributed by atoms with Crippen LogP contribution in [0.5, 0.6) is 17.2 Å². The number of hydrogen-bond donors (Lipinski definition) is 13. The van der Waals surface area contributed by atoms with Gasteiger partial charge in [0.05, 0.1) is 61.0 Å². The first kappa shape index (κ1) is 70.8. The smallest absolute Gasteiger partial charge is 0.691 e. The van der Waals surface area contributed by atoms with Crippen LogP contribution in [0.2, 0.25) is 0 Å². The second kappa shape index (κ2) is 31.7. The molecule has 2 aromatic heterocycles. The number of imidazole rings is 1. The second-order valence-corrected chi connectivity index (χ2v) is 24.4. The summed E-state index contributed by atoms with van der Waals surface area (Å²) in [6.07, 6.45) is -6.14. The number of carbonyl (C=O) groups is 8. The van der Waals surface area contributed by atoms with E-state index < -0.39 is 177 Å². The van der Waals surface area contributed by atoms with Gasteiger partial charge in [0.1, 0.15) is 47.0 Å². The number of carbonyl (C=O) groups excluding carboxylic acids is 8. The minimum atomic E-state index is -2.22. The summed E-state index contributed by atoms with van der Waals surface area (Å²) in [7, 11) is 0. The molecule has 3 aromatic carbocycles. The Kier molecular flexibility index (Phi) is 24.4. The normalized spacial score (nSPS) is 25.8. The number of benzene rings is 3. The van der Waals surface area contributed by atoms with Gasteiger partial charge in [0.2, 0.25) is 46.3 Å². The molecule has 0 bridgehead atoms. The molecular formula is C58H70N11NaO20S2. The number of ether oxygens (including phenoxy) is 1. The SMILES string of the molecule is CC(O)C1NC(=O)[C@@H](NC(=O)c2ccc(-c3cn4nc(-c5ccc(OC6CCCCC6)cc5)sc4n3)cc2)CC(O)CNC(=O)C2C(O)C(C)CN2C(=O)C(C(O)CC(N)=O)NC(=O)C(C(O)Cc2ccc(O)c(OSOO[O-])c2)NC(=O)C2CC(O)CN2C1=O.[Na+]. The number of rotatable bonds is 17. The molecule has 34 heteroatoms. The minimum absolute atomic E-state index is 0. The summed E-state index contributed by atoms with van der Waals surface area (Å²) >= 11 is 1.36. The Labute approximate surface area is 555 Å². The number of aliphatic hydroxyl groups is 6. The molecule has 0 spiro atoms. The molecule has 4 aliphatic rings. The van der Waals surface area contributed by atoms with E-state index in [1.54, 1.807) is 22.8 Å². The Morgan fingerprint density at radius 1 is 0.815 bits per heavy atom. The Morgan fingerprint density at radius 3 is 2.16 bits per heavy atom. The average Bonchev–Trinajstić information content (AvgIpc) is 1.65. The summed E-state index contributed by atoms with van der Waals surface area (Å²) in [5.41, 5.74) is 7.47. The molecule has 13 atom stereocenters. The first-order valence-electron chi connectivity index (χ1n) is 29.3. The van der Waals surface area contributed by atoms with E-state index in [9.17, 15) is 79.4 Å². The molecule has 12 unspecified atom stereocenters. The molecule has 3 saturated heterocycles. The van der Waals surface area contributed by atoms with Crippen LogP contribution in [0.4, 0.5) is 0 Å². The molecule has 92 heavy (non-hydrogen) atoms. The van der Waals surface area contributed by atoms with E-state index in [1.165, 1.54) is 42.9 Å². The second-order valence-electron chi connectivity index (χ2n) is 23.0. The van der Waals surface area contributed by atoms with Gasteiger partial charge in [-0.15, -0.1) is 4.33 Å². The number of nitrogens with zero attached hydrogens (tertiary/aromatic N) is 5. The van der Waals surface area contributed by atoms with Crippen LogP contribution < -0.4 is 76.1 Å². The topological polar surface area (TPSA) is 461 Å². The van der Waals surface area contributed by atoms with E-state index in [0.717, 1.165) is 70.9 Å². The van der Waals surface area contributed by atoms with Crippen molar-refractivity contribution in [3.8, 4) is 39.1 Å². The van der Waals surface area contributed by atoms with Crippen molar-refractivity contribution in [3.05, 3.63) is 84.1 Å². The van der Waals surface area contributed by atoms with Crippen LogP contribution in [0, 0.1) is 5.92 Å². The predicted octanol–water partition coefficient (Wildman–Crippen LogP) is -5.46. The van der Waals surface area contributed by atoms with Crippen molar-refractivity contribution in [1.82, 2.24) is 51.0 Å². The molecule has 4 fully saturated rings. The predicted molar refractivity (Wildman–Crippen MR) is 316 cm³/mol. The zero-order chi connectivity index (χ0) is 65.4. The van der Waals surface area contributed by atoms with Crippen LogP contribution in [-0.2, 0) is 49.4 Å². The third-order valence-electron chi connectivity index (χ3n) is 16.2. The maximum atomic E-state index is 14.7. The van der Waals surface area contributed by atoms with Crippen LogP contribution in [0.1, 0.15) is 81.1 Å². The zero-order valence-electron chi connectivity index (χ0n) is 50.1. The number of primary amides is 1. The maximum absolute atomic E-state index is 14.7. The van der Waals surface area contributed by atoms with Crippen LogP contribution in [0.15, 0.2) is 72.9 Å². The number of amides is 8. The van der Waals surface area contributed by atoms with Crippen molar-refractivity contribution in [2.75, 3.05) is 19.6 Å². The van der Waals surface area contributed by atoms with Crippen molar-refractivity contribution in [2.45, 2.75) is 151 Å². The number of β-amino-alcohol motifs (C(OH)–C–C–N with tert-alkyl or cyclic N) is 1. The first-order valence-corrected chi connectivity index (χ1v) is 30.8. The molecule has 1 saturated carbocycles. The van der Waals surface area contributed by atoms with E-state index in [4.69, 9.17) is 24.7 Å². The molecular weight excluding hydrogens is 1260 g/mol. The van der Waals surface area contributed by atoms with Crippen molar-refractivity contribution in [1.29, 1.82) is 0 Å². The van der Waals surface area contributed by atoms with Gasteiger partial charge in [-0.2, -0.15) is 5.10 Å². The van der Waals surface area contributed by atoms with Gasteiger partial charge in [0.25, 0.3) is 18.2 Å². The van der Waals surface area contributed by atoms with E-state index in [2.05, 4.69) is 36.0 Å². The van der Waals surface area contributed by atoms with Crippen LogP contribution in [0.25, 0.3) is 26.8 Å². The maximum Gasteiger partial charge on any atom is 1.00 e. The number of nitrogens with two attached hydrogens (primary N) is 1. The molecule has 31 nitrogen and oxygen atoms in total. The third-order valence-corrected chi connectivity index (χ3v) is 17.6. The first-order chi connectivity index (χ1) is 43.5. The van der Waals surface area contributed by atoms with Gasteiger partial charge in [-0.1, -0.05) is 42.9 Å². The largest absolute Gasteiger partial charge is 1.00 e. The van der Waals surface area contributed by atoms with Crippen molar-refractivity contribution in [3.63, 3.8) is 0 Å². The van der Waals surface area contributed by atoms with Crippen molar-refractivity contribution in [2.24, 2.45) is 11.7 Å². The number of aromatic hydroxyl groups is 1. The molecule has 14 N–H and O–H groups in total. The molecule has 8 amide bonds. The van der Waals surface area contributed by atoms with Crippen molar-refractivity contribution < 1.29 is 127 Å². The fourth-order valence-electron chi connectivity index (χ4n) is 11.5. The molecule has 1 aliphatic carbocycles. The van der Waals surface area contributed by atoms with Gasteiger partial charge >= 0.3 is 29.6 Å². The number of phenols is 1. The van der Waals surface area contributed by atoms with E-state index >= 15 is 0 Å². The fourth-order valence-corrected chi connectivity index (χ4v) is 12.6. The third kappa shape index (κ3) is 17.2. The van der Waals surface area contributed by atoms with Gasteiger partial charge in [-0.05, 0) is 86.7 Å². The standard InChI is InChI=1S/C58H71N11O20S2.Na/c1-27-24-68-48(49(27)77)54(82)60-23-33(71)20-37(61-50(78)31-11-9-30(10-12-31)38-26-69-58(62-38)90-55(66-69)32-13-15-36(16-14-32)86-35-6-4-3-5-7-35)51(79)63-45(28(2)70)56(83)67-25-34(72)21-39(67)52(80)64-46(53(81)65-47(57(68)84)42(75)22-44(59)76)41(74)18-29-8-17-40(73)43(19-29)87-91-89-88-85;/h8-17,19,26-28,33-35,37,39,41-42,45-49,70-75,77,85H,3-7,18,20-25H2,1-2H3,(H2,59,76)(H,60,82)(H,61,78)(H,63,79)(H,64,80)(H,65,81);/q;+1/p-1/t27?,28?,33?,34?,37-,39?,41?,42?,45?,46?,47?,48?,49?;/m0./s1. The quantitative estimate of drug-likeness (QED) is 0.0136. The Balaban J connectivity index is 0.0000109. The van der Waals surface area contributed by atoms with E-state index in [-0.39, 0.29) is 64.9 Å². The number of aliphatic hydroxyl groups excluding tert-OH is 6. The summed E-state index contributed by atoms with van der Waals surface area (Å²) in [6, 6.07) is 5.58. The number of phenolic OH excluding ortho intramolecular Hbond substituents is 1. The zero-order valence-corrected chi connectivity index (χ0v) is 53.7. The van der Waals surface area contributed by atoms with E-state index in [0.29, 0.717) is 16.2 Å². The Morgan fingerprint density at radius 2 is 1.49 bits per heavy atom. The number of nitrogens with one attached hydrogen (secondary N) is 5. The average molecular weight is 1330 g/mol. The summed E-state index contributed by atoms with van der Waals surface area (Å²) in [6.45, 7) is 0.850. The fraction of sp³-hybridized carbons (Fsp3) is 0.483. The number of fused-ring (bicyclic) bond motifs is 3. The Hall–Kier alpha value is -7.09. The summed E-state index contributed by atoms with van der Waals surface area (Å²) in [5, 5.41) is 110. The minimum Gasteiger partial charge on any atom is -0.691 e. The summed E-state index contributed by atoms with van der Waals surface area (Å²) in [5.74, 6) is -10.4. The van der Waals surface area contributed by atoms with Gasteiger partial charge in [-0.3, -0.25) is 43.4 Å². The molecule has 9 rings (SSSR count). The van der Waals surface area contributed by atoms with Crippen molar-refractivity contribution >= 4 is 75.9 Å².